The molecule has 0 atom stereocenters. The molecular weight excluding hydrogens is 264 g/mol. The lowest BCUT2D eigenvalue weighted by Crippen LogP contribution is -2.04. The molecule has 3 aromatic rings. The summed E-state index contributed by atoms with van der Waals surface area (Å²) in [6, 6.07) is 15.4. The Bertz CT molecular complexity index is 828. The second kappa shape index (κ2) is 5.17. The van der Waals surface area contributed by atoms with Gasteiger partial charge in [0.2, 0.25) is 5.95 Å². The van der Waals surface area contributed by atoms with Crippen LogP contribution >= 0.6 is 0 Å². The van der Waals surface area contributed by atoms with Gasteiger partial charge in [-0.15, -0.1) is 0 Å². The number of anilines is 1. The minimum atomic E-state index is 0.406. The van der Waals surface area contributed by atoms with Crippen molar-refractivity contribution >= 4 is 17.0 Å². The number of hydrogen-bond acceptors (Lipinski definition) is 4. The molecule has 2 aromatic carbocycles. The number of nitrogens with two attached hydrogens (primary N) is 1. The van der Waals surface area contributed by atoms with Crippen LogP contribution in [0, 0.1) is 11.3 Å². The summed E-state index contributed by atoms with van der Waals surface area (Å²) in [5.74, 6) is 1.22. The fourth-order valence-electron chi connectivity index (χ4n) is 2.33. The van der Waals surface area contributed by atoms with Gasteiger partial charge in [0, 0.05) is 0 Å². The van der Waals surface area contributed by atoms with Crippen molar-refractivity contribution in [2.75, 3.05) is 12.8 Å². The van der Waals surface area contributed by atoms with Gasteiger partial charge in [-0.1, -0.05) is 18.2 Å². The molecule has 2 N–H and O–H groups in total. The Morgan fingerprint density at radius 2 is 2.00 bits per heavy atom. The van der Waals surface area contributed by atoms with Gasteiger partial charge < -0.3 is 15.0 Å². The lowest BCUT2D eigenvalue weighted by molar-refractivity contribution is 0.414. The number of nitrogens with zero attached hydrogens (tertiary/aromatic N) is 3. The van der Waals surface area contributed by atoms with Crippen LogP contribution in [-0.4, -0.2) is 16.7 Å². The Balaban J connectivity index is 2.04. The molecular formula is C16H14N4O. The zero-order valence-corrected chi connectivity index (χ0v) is 11.6. The number of benzene rings is 2. The normalized spacial score (nSPS) is 10.5. The molecule has 0 radical (unpaired) electrons. The van der Waals surface area contributed by atoms with Crippen LogP contribution in [0.15, 0.2) is 42.5 Å². The van der Waals surface area contributed by atoms with Gasteiger partial charge in [-0.05, 0) is 29.8 Å². The monoisotopic (exact) mass is 278 g/mol. The van der Waals surface area contributed by atoms with E-state index < -0.39 is 0 Å². The summed E-state index contributed by atoms with van der Waals surface area (Å²) < 4.78 is 7.05. The van der Waals surface area contributed by atoms with Crippen LogP contribution < -0.4 is 10.5 Å². The number of fused-ring (bicyclic) bond motifs is 1. The number of rotatable bonds is 3. The van der Waals surface area contributed by atoms with Crippen molar-refractivity contribution in [3.05, 3.63) is 53.6 Å². The van der Waals surface area contributed by atoms with Crippen molar-refractivity contribution in [2.45, 2.75) is 6.54 Å². The van der Waals surface area contributed by atoms with Crippen molar-refractivity contribution in [1.29, 1.82) is 5.26 Å². The van der Waals surface area contributed by atoms with E-state index in [2.05, 4.69) is 11.1 Å². The Labute approximate surface area is 122 Å². The van der Waals surface area contributed by atoms with Crippen molar-refractivity contribution < 1.29 is 4.74 Å². The smallest absolute Gasteiger partial charge is 0.201 e. The molecule has 0 aliphatic heterocycles. The van der Waals surface area contributed by atoms with Gasteiger partial charge in [0.1, 0.15) is 17.3 Å². The van der Waals surface area contributed by atoms with E-state index in [1.165, 1.54) is 0 Å². The second-order valence-corrected chi connectivity index (χ2v) is 4.69. The first-order chi connectivity index (χ1) is 10.2. The molecule has 0 aliphatic carbocycles. The van der Waals surface area contributed by atoms with Crippen LogP contribution in [0.2, 0.25) is 0 Å². The van der Waals surface area contributed by atoms with E-state index in [0.717, 1.165) is 16.8 Å². The number of nitriles is 1. The Morgan fingerprint density at radius 3 is 2.67 bits per heavy atom. The summed E-state index contributed by atoms with van der Waals surface area (Å²) in [6.07, 6.45) is 0. The molecule has 0 bridgehead atoms. The quantitative estimate of drug-likeness (QED) is 0.798. The molecule has 0 spiro atoms. The largest absolute Gasteiger partial charge is 0.497 e. The Hall–Kier alpha value is -3.00. The van der Waals surface area contributed by atoms with Crippen LogP contribution in [0.1, 0.15) is 11.1 Å². The van der Waals surface area contributed by atoms with Crippen molar-refractivity contribution in [3.63, 3.8) is 0 Å². The summed E-state index contributed by atoms with van der Waals surface area (Å²) in [6.45, 7) is 0.598. The average molecular weight is 278 g/mol. The van der Waals surface area contributed by atoms with E-state index in [-0.39, 0.29) is 0 Å². The molecule has 5 nitrogen and oxygen atoms in total. The van der Waals surface area contributed by atoms with Gasteiger partial charge in [0.15, 0.2) is 0 Å². The summed E-state index contributed by atoms with van der Waals surface area (Å²) >= 11 is 0. The summed E-state index contributed by atoms with van der Waals surface area (Å²) in [4.78, 5) is 4.31. The Morgan fingerprint density at radius 1 is 1.24 bits per heavy atom. The maximum absolute atomic E-state index is 9.13. The zero-order chi connectivity index (χ0) is 14.8. The van der Waals surface area contributed by atoms with Crippen molar-refractivity contribution in [3.8, 4) is 11.8 Å². The predicted octanol–water partition coefficient (Wildman–Crippen LogP) is 2.55. The summed E-state index contributed by atoms with van der Waals surface area (Å²) in [5.41, 5.74) is 9.13. The summed E-state index contributed by atoms with van der Waals surface area (Å²) in [5, 5.41) is 9.13. The molecule has 1 heterocycles. The maximum Gasteiger partial charge on any atom is 0.201 e. The molecule has 104 valence electrons. The predicted molar refractivity (Wildman–Crippen MR) is 81.0 cm³/mol. The number of methoxy groups -OCH3 is 1. The van der Waals surface area contributed by atoms with Crippen LogP contribution in [0.4, 0.5) is 5.95 Å². The fraction of sp³-hybridized carbons (Fsp3) is 0.125. The molecule has 0 fully saturated rings. The molecule has 21 heavy (non-hydrogen) atoms. The highest BCUT2D eigenvalue weighted by Crippen LogP contribution is 2.22. The molecule has 5 heteroatoms. The van der Waals surface area contributed by atoms with Crippen LogP contribution in [-0.2, 0) is 6.54 Å². The highest BCUT2D eigenvalue weighted by molar-refractivity contribution is 5.84. The summed E-state index contributed by atoms with van der Waals surface area (Å²) in [7, 11) is 1.64. The average Bonchev–Trinajstić information content (AvgIpc) is 2.84. The van der Waals surface area contributed by atoms with Crippen molar-refractivity contribution in [2.24, 2.45) is 0 Å². The number of aromatic nitrogens is 2. The highest BCUT2D eigenvalue weighted by atomic mass is 16.5. The van der Waals surface area contributed by atoms with Gasteiger partial charge in [0.25, 0.3) is 0 Å². The first-order valence-electron chi connectivity index (χ1n) is 6.50. The van der Waals surface area contributed by atoms with E-state index in [1.807, 2.05) is 41.0 Å². The van der Waals surface area contributed by atoms with Crippen LogP contribution in [0.5, 0.6) is 5.75 Å². The Kier molecular flexibility index (Phi) is 3.20. The van der Waals surface area contributed by atoms with E-state index in [1.54, 1.807) is 13.2 Å². The highest BCUT2D eigenvalue weighted by Gasteiger charge is 2.11. The topological polar surface area (TPSA) is 76.9 Å². The lowest BCUT2D eigenvalue weighted by atomic mass is 10.2. The molecule has 0 unspecified atom stereocenters. The van der Waals surface area contributed by atoms with Gasteiger partial charge in [-0.3, -0.25) is 0 Å². The third-order valence-corrected chi connectivity index (χ3v) is 3.43. The van der Waals surface area contributed by atoms with E-state index >= 15 is 0 Å². The molecule has 0 aliphatic rings. The second-order valence-electron chi connectivity index (χ2n) is 4.69. The molecule has 0 saturated heterocycles. The zero-order valence-electron chi connectivity index (χ0n) is 11.6. The standard InChI is InChI=1S/C16H14N4O/c1-21-13-7-5-11(6-8-13)10-20-14-4-2-3-12(9-17)15(14)19-16(20)18/h2-8H,10H2,1H3,(H2,18,19). The van der Waals surface area contributed by atoms with Gasteiger partial charge in [0.05, 0.1) is 24.7 Å². The lowest BCUT2D eigenvalue weighted by Gasteiger charge is -2.07. The number of para-hydroxylation sites is 1. The maximum atomic E-state index is 9.13. The van der Waals surface area contributed by atoms with Gasteiger partial charge >= 0.3 is 0 Å². The van der Waals surface area contributed by atoms with E-state index in [9.17, 15) is 0 Å². The number of nitrogen functional groups attached to an aromatic ring is 1. The van der Waals surface area contributed by atoms with E-state index in [0.29, 0.717) is 23.6 Å². The number of hydrogen-bond donors (Lipinski definition) is 1. The third kappa shape index (κ3) is 2.28. The fourth-order valence-corrected chi connectivity index (χ4v) is 2.33. The minimum Gasteiger partial charge on any atom is -0.497 e. The number of imidazole rings is 1. The molecule has 0 saturated carbocycles. The molecule has 0 amide bonds. The minimum absolute atomic E-state index is 0.406. The van der Waals surface area contributed by atoms with Gasteiger partial charge in [-0.2, -0.15) is 5.26 Å². The van der Waals surface area contributed by atoms with Crippen LogP contribution in [0.25, 0.3) is 11.0 Å². The molecule has 1 aromatic heterocycles. The first-order valence-corrected chi connectivity index (χ1v) is 6.50. The third-order valence-electron chi connectivity index (χ3n) is 3.43. The van der Waals surface area contributed by atoms with Gasteiger partial charge in [-0.25, -0.2) is 4.98 Å². The van der Waals surface area contributed by atoms with Crippen LogP contribution in [0.3, 0.4) is 0 Å². The SMILES string of the molecule is COc1ccc(Cn2c(N)nc3c(C#N)cccc32)cc1. The first kappa shape index (κ1) is 13.0. The molecule has 3 rings (SSSR count). The van der Waals surface area contributed by atoms with Crippen molar-refractivity contribution in [1.82, 2.24) is 9.55 Å². The number of ether oxygens (including phenoxy) is 1. The van der Waals surface area contributed by atoms with E-state index in [4.69, 9.17) is 15.7 Å².